The molecule has 3 atom stereocenters. The Morgan fingerprint density at radius 1 is 1.42 bits per heavy atom. The van der Waals surface area contributed by atoms with Crippen LogP contribution in [0.3, 0.4) is 0 Å². The molecule has 12 heavy (non-hydrogen) atoms. The molecule has 0 radical (unpaired) electrons. The molecule has 2 aliphatic heterocycles. The maximum absolute atomic E-state index is 5.86. The Bertz CT molecular complexity index is 163. The topological polar surface area (TPSA) is 38.5 Å². The van der Waals surface area contributed by atoms with Gasteiger partial charge in [-0.1, -0.05) is 0 Å². The van der Waals surface area contributed by atoms with E-state index in [0.29, 0.717) is 18.2 Å². The maximum atomic E-state index is 5.86. The number of hydrogen-bond donors (Lipinski definition) is 1. The summed E-state index contributed by atoms with van der Waals surface area (Å²) in [4.78, 5) is 2.49. The van der Waals surface area contributed by atoms with Crippen molar-refractivity contribution < 1.29 is 4.74 Å². The Hall–Kier alpha value is -0.120. The molecule has 0 aromatic heterocycles. The molecule has 0 saturated carbocycles. The van der Waals surface area contributed by atoms with Gasteiger partial charge in [0.15, 0.2) is 0 Å². The third kappa shape index (κ3) is 1.49. The SMILES string of the molecule is CC1OCCC1N1CCC(N)C1. The second-order valence-corrected chi connectivity index (χ2v) is 3.98. The van der Waals surface area contributed by atoms with Gasteiger partial charge in [-0.05, 0) is 19.8 Å². The number of ether oxygens (including phenoxy) is 1. The van der Waals surface area contributed by atoms with Crippen molar-refractivity contribution in [2.45, 2.75) is 38.0 Å². The third-order valence-corrected chi connectivity index (χ3v) is 3.06. The molecule has 0 amide bonds. The quantitative estimate of drug-likeness (QED) is 0.611. The Morgan fingerprint density at radius 3 is 2.75 bits per heavy atom. The Morgan fingerprint density at radius 2 is 2.25 bits per heavy atom. The van der Waals surface area contributed by atoms with E-state index >= 15 is 0 Å². The maximum Gasteiger partial charge on any atom is 0.0703 e. The van der Waals surface area contributed by atoms with Gasteiger partial charge >= 0.3 is 0 Å². The first-order chi connectivity index (χ1) is 5.77. The van der Waals surface area contributed by atoms with Crippen LogP contribution < -0.4 is 5.73 Å². The molecule has 0 bridgehead atoms. The Labute approximate surface area is 73.9 Å². The highest BCUT2D eigenvalue weighted by Crippen LogP contribution is 2.22. The van der Waals surface area contributed by atoms with Gasteiger partial charge in [0.05, 0.1) is 6.10 Å². The Balaban J connectivity index is 1.91. The fourth-order valence-corrected chi connectivity index (χ4v) is 2.32. The van der Waals surface area contributed by atoms with Crippen LogP contribution in [0.2, 0.25) is 0 Å². The summed E-state index contributed by atoms with van der Waals surface area (Å²) in [6.45, 7) is 5.33. The highest BCUT2D eigenvalue weighted by molar-refractivity contribution is 4.88. The molecule has 3 nitrogen and oxygen atoms in total. The van der Waals surface area contributed by atoms with Crippen molar-refractivity contribution in [3.8, 4) is 0 Å². The lowest BCUT2D eigenvalue weighted by molar-refractivity contribution is 0.0827. The first kappa shape index (κ1) is 8.48. The number of rotatable bonds is 1. The minimum absolute atomic E-state index is 0.401. The van der Waals surface area contributed by atoms with Gasteiger partial charge in [0.1, 0.15) is 0 Å². The molecule has 2 fully saturated rings. The van der Waals surface area contributed by atoms with Crippen molar-refractivity contribution in [1.82, 2.24) is 4.90 Å². The van der Waals surface area contributed by atoms with Gasteiger partial charge in [-0.25, -0.2) is 0 Å². The van der Waals surface area contributed by atoms with E-state index in [1.54, 1.807) is 0 Å². The molecule has 2 aliphatic rings. The van der Waals surface area contributed by atoms with E-state index in [4.69, 9.17) is 10.5 Å². The van der Waals surface area contributed by atoms with Crippen LogP contribution in [0.4, 0.5) is 0 Å². The summed E-state index contributed by atoms with van der Waals surface area (Å²) >= 11 is 0. The van der Waals surface area contributed by atoms with Gasteiger partial charge in [0.25, 0.3) is 0 Å². The molecule has 3 heteroatoms. The van der Waals surface area contributed by atoms with Crippen molar-refractivity contribution in [3.63, 3.8) is 0 Å². The lowest BCUT2D eigenvalue weighted by atomic mass is 10.1. The van der Waals surface area contributed by atoms with Gasteiger partial charge in [-0.2, -0.15) is 0 Å². The summed E-state index contributed by atoms with van der Waals surface area (Å²) in [6.07, 6.45) is 2.76. The fraction of sp³-hybridized carbons (Fsp3) is 1.00. The van der Waals surface area contributed by atoms with E-state index < -0.39 is 0 Å². The first-order valence-corrected chi connectivity index (χ1v) is 4.88. The number of nitrogens with zero attached hydrogens (tertiary/aromatic N) is 1. The summed E-state index contributed by atoms with van der Waals surface area (Å²) in [6, 6.07) is 1.04. The molecule has 70 valence electrons. The zero-order valence-corrected chi connectivity index (χ0v) is 7.70. The minimum atomic E-state index is 0.401. The standard InChI is InChI=1S/C9H18N2O/c1-7-9(3-5-12-7)11-4-2-8(10)6-11/h7-9H,2-6,10H2,1H3. The van der Waals surface area contributed by atoms with Gasteiger partial charge in [-0.3, -0.25) is 4.90 Å². The van der Waals surface area contributed by atoms with Crippen LogP contribution in [-0.4, -0.2) is 42.8 Å². The van der Waals surface area contributed by atoms with Gasteiger partial charge in [0.2, 0.25) is 0 Å². The molecule has 0 aromatic carbocycles. The molecule has 0 spiro atoms. The van der Waals surface area contributed by atoms with Crippen molar-refractivity contribution in [3.05, 3.63) is 0 Å². The van der Waals surface area contributed by atoms with E-state index in [-0.39, 0.29) is 0 Å². The van der Waals surface area contributed by atoms with Gasteiger partial charge in [0, 0.05) is 31.8 Å². The van der Waals surface area contributed by atoms with Crippen LogP contribution in [0.5, 0.6) is 0 Å². The predicted octanol–water partition coefficient (Wildman–Crippen LogP) is 0.197. The summed E-state index contributed by atoms with van der Waals surface area (Å²) in [7, 11) is 0. The molecular weight excluding hydrogens is 152 g/mol. The monoisotopic (exact) mass is 170 g/mol. The summed E-state index contributed by atoms with van der Waals surface area (Å²) in [5, 5.41) is 0. The van der Waals surface area contributed by atoms with Crippen molar-refractivity contribution >= 4 is 0 Å². The molecule has 2 N–H and O–H groups in total. The van der Waals surface area contributed by atoms with Crippen LogP contribution in [0, 0.1) is 0 Å². The molecular formula is C9H18N2O. The number of hydrogen-bond acceptors (Lipinski definition) is 3. The van der Waals surface area contributed by atoms with Crippen molar-refractivity contribution in [1.29, 1.82) is 0 Å². The second-order valence-electron chi connectivity index (χ2n) is 3.98. The van der Waals surface area contributed by atoms with Gasteiger partial charge in [-0.15, -0.1) is 0 Å². The highest BCUT2D eigenvalue weighted by Gasteiger charge is 2.33. The fourth-order valence-electron chi connectivity index (χ4n) is 2.32. The van der Waals surface area contributed by atoms with Crippen molar-refractivity contribution in [2.24, 2.45) is 5.73 Å². The zero-order chi connectivity index (χ0) is 8.55. The van der Waals surface area contributed by atoms with E-state index in [1.807, 2.05) is 0 Å². The predicted molar refractivity (Wildman–Crippen MR) is 48.0 cm³/mol. The summed E-state index contributed by atoms with van der Waals surface area (Å²) < 4.78 is 5.53. The van der Waals surface area contributed by atoms with E-state index in [2.05, 4.69) is 11.8 Å². The lowest BCUT2D eigenvalue weighted by Gasteiger charge is -2.25. The third-order valence-electron chi connectivity index (χ3n) is 3.06. The van der Waals surface area contributed by atoms with E-state index in [9.17, 15) is 0 Å². The van der Waals surface area contributed by atoms with Crippen LogP contribution in [0.25, 0.3) is 0 Å². The molecule has 3 unspecified atom stereocenters. The normalized spacial score (nSPS) is 44.0. The largest absolute Gasteiger partial charge is 0.377 e. The molecule has 2 rings (SSSR count). The second kappa shape index (κ2) is 3.32. The van der Waals surface area contributed by atoms with Crippen LogP contribution in [-0.2, 0) is 4.74 Å². The average molecular weight is 170 g/mol. The summed E-state index contributed by atoms with van der Waals surface area (Å²) in [5.74, 6) is 0. The van der Waals surface area contributed by atoms with Crippen molar-refractivity contribution in [2.75, 3.05) is 19.7 Å². The van der Waals surface area contributed by atoms with E-state index in [1.165, 1.54) is 13.0 Å². The Kier molecular flexibility index (Phi) is 2.35. The average Bonchev–Trinajstić information content (AvgIpc) is 2.58. The first-order valence-electron chi connectivity index (χ1n) is 4.88. The highest BCUT2D eigenvalue weighted by atomic mass is 16.5. The lowest BCUT2D eigenvalue weighted by Crippen LogP contribution is -2.39. The van der Waals surface area contributed by atoms with Crippen LogP contribution in [0.1, 0.15) is 19.8 Å². The number of nitrogens with two attached hydrogens (primary N) is 1. The molecule has 0 aliphatic carbocycles. The van der Waals surface area contributed by atoms with Crippen LogP contribution >= 0.6 is 0 Å². The summed E-state index contributed by atoms with van der Waals surface area (Å²) in [5.41, 5.74) is 5.86. The van der Waals surface area contributed by atoms with E-state index in [0.717, 1.165) is 19.6 Å². The molecule has 2 saturated heterocycles. The zero-order valence-electron chi connectivity index (χ0n) is 7.70. The molecule has 0 aromatic rings. The molecule has 2 heterocycles. The minimum Gasteiger partial charge on any atom is -0.377 e. The van der Waals surface area contributed by atoms with Gasteiger partial charge < -0.3 is 10.5 Å². The van der Waals surface area contributed by atoms with Crippen LogP contribution in [0.15, 0.2) is 0 Å². The number of likely N-dealkylation sites (tertiary alicyclic amines) is 1. The smallest absolute Gasteiger partial charge is 0.0703 e.